The van der Waals surface area contributed by atoms with Crippen LogP contribution in [0.3, 0.4) is 0 Å². The highest BCUT2D eigenvalue weighted by molar-refractivity contribution is 5.51. The van der Waals surface area contributed by atoms with Crippen molar-refractivity contribution in [2.75, 3.05) is 23.4 Å². The van der Waals surface area contributed by atoms with E-state index < -0.39 is 0 Å². The molecule has 1 heterocycles. The van der Waals surface area contributed by atoms with Gasteiger partial charge in [-0.1, -0.05) is 33.1 Å². The number of nitrogens with one attached hydrogen (secondary N) is 2. The van der Waals surface area contributed by atoms with Crippen LogP contribution in [0, 0.1) is 0 Å². The Labute approximate surface area is 110 Å². The van der Waals surface area contributed by atoms with Crippen molar-refractivity contribution in [2.24, 2.45) is 0 Å². The van der Waals surface area contributed by atoms with E-state index in [0.29, 0.717) is 12.0 Å². The van der Waals surface area contributed by atoms with Crippen molar-refractivity contribution in [1.29, 1.82) is 0 Å². The first kappa shape index (κ1) is 14.5. The third-order valence-electron chi connectivity index (χ3n) is 2.89. The molecule has 0 fully saturated rings. The Bertz CT molecular complexity index is 353. The van der Waals surface area contributed by atoms with Crippen LogP contribution < -0.4 is 16.4 Å². The second kappa shape index (κ2) is 7.74. The SMILES string of the molecule is CCCCC(CCC)Nc1cc(NC)nc(N)n1. The van der Waals surface area contributed by atoms with E-state index in [9.17, 15) is 0 Å². The van der Waals surface area contributed by atoms with Crippen LogP contribution in [0.25, 0.3) is 0 Å². The van der Waals surface area contributed by atoms with Gasteiger partial charge in [-0.3, -0.25) is 0 Å². The molecular weight excluding hydrogens is 226 g/mol. The Hall–Kier alpha value is -1.52. The van der Waals surface area contributed by atoms with Crippen molar-refractivity contribution in [3.8, 4) is 0 Å². The fourth-order valence-electron chi connectivity index (χ4n) is 1.96. The lowest BCUT2D eigenvalue weighted by atomic mass is 10.1. The minimum Gasteiger partial charge on any atom is -0.373 e. The number of aromatic nitrogens is 2. The lowest BCUT2D eigenvalue weighted by molar-refractivity contribution is 0.563. The average Bonchev–Trinajstić information content (AvgIpc) is 2.35. The highest BCUT2D eigenvalue weighted by Crippen LogP contribution is 2.16. The van der Waals surface area contributed by atoms with Gasteiger partial charge in [-0.15, -0.1) is 0 Å². The number of unbranched alkanes of at least 4 members (excludes halogenated alkanes) is 1. The van der Waals surface area contributed by atoms with Crippen molar-refractivity contribution in [1.82, 2.24) is 9.97 Å². The first-order valence-corrected chi connectivity index (χ1v) is 6.78. The average molecular weight is 251 g/mol. The molecule has 0 aliphatic rings. The summed E-state index contributed by atoms with van der Waals surface area (Å²) in [7, 11) is 1.83. The third-order valence-corrected chi connectivity index (χ3v) is 2.89. The van der Waals surface area contributed by atoms with Gasteiger partial charge >= 0.3 is 0 Å². The number of hydrogen-bond donors (Lipinski definition) is 3. The molecule has 1 aromatic rings. The molecule has 102 valence electrons. The Morgan fingerprint density at radius 3 is 2.50 bits per heavy atom. The maximum atomic E-state index is 5.68. The lowest BCUT2D eigenvalue weighted by Crippen LogP contribution is -2.20. The van der Waals surface area contributed by atoms with Gasteiger partial charge in [0, 0.05) is 19.2 Å². The molecule has 0 aliphatic heterocycles. The summed E-state index contributed by atoms with van der Waals surface area (Å²) in [5, 5.41) is 6.44. The minimum atomic E-state index is 0.301. The Morgan fingerprint density at radius 1 is 1.17 bits per heavy atom. The monoisotopic (exact) mass is 251 g/mol. The van der Waals surface area contributed by atoms with Crippen molar-refractivity contribution in [2.45, 2.75) is 52.0 Å². The fourth-order valence-corrected chi connectivity index (χ4v) is 1.96. The van der Waals surface area contributed by atoms with E-state index >= 15 is 0 Å². The van der Waals surface area contributed by atoms with Crippen LogP contribution >= 0.6 is 0 Å². The van der Waals surface area contributed by atoms with Crippen LogP contribution in [0.15, 0.2) is 6.07 Å². The summed E-state index contributed by atoms with van der Waals surface area (Å²) in [4.78, 5) is 8.31. The molecular formula is C13H25N5. The molecule has 0 aliphatic carbocycles. The van der Waals surface area contributed by atoms with Gasteiger partial charge in [-0.05, 0) is 12.8 Å². The predicted molar refractivity (Wildman–Crippen MR) is 77.8 cm³/mol. The molecule has 0 bridgehead atoms. The van der Waals surface area contributed by atoms with Gasteiger partial charge in [-0.2, -0.15) is 9.97 Å². The molecule has 1 aromatic heterocycles. The first-order chi connectivity index (χ1) is 8.69. The lowest BCUT2D eigenvalue weighted by Gasteiger charge is -2.19. The fraction of sp³-hybridized carbons (Fsp3) is 0.692. The third kappa shape index (κ3) is 4.77. The zero-order chi connectivity index (χ0) is 13.4. The summed E-state index contributed by atoms with van der Waals surface area (Å²) in [6.45, 7) is 4.42. The topological polar surface area (TPSA) is 75.9 Å². The van der Waals surface area contributed by atoms with Crippen LogP contribution in [0.1, 0.15) is 46.0 Å². The molecule has 0 saturated carbocycles. The second-order valence-electron chi connectivity index (χ2n) is 4.52. The van der Waals surface area contributed by atoms with Crippen LogP contribution in [0.2, 0.25) is 0 Å². The smallest absolute Gasteiger partial charge is 0.223 e. The van der Waals surface area contributed by atoms with Gasteiger partial charge in [-0.25, -0.2) is 0 Å². The number of rotatable bonds is 8. The van der Waals surface area contributed by atoms with E-state index in [2.05, 4.69) is 34.4 Å². The molecule has 0 radical (unpaired) electrons. The maximum Gasteiger partial charge on any atom is 0.223 e. The molecule has 4 N–H and O–H groups in total. The van der Waals surface area contributed by atoms with Crippen LogP contribution in [-0.2, 0) is 0 Å². The van der Waals surface area contributed by atoms with Crippen LogP contribution in [0.5, 0.6) is 0 Å². The van der Waals surface area contributed by atoms with E-state index in [1.165, 1.54) is 25.7 Å². The molecule has 0 spiro atoms. The summed E-state index contributed by atoms with van der Waals surface area (Å²) in [6.07, 6.45) is 5.94. The van der Waals surface area contributed by atoms with Crippen molar-refractivity contribution in [3.05, 3.63) is 6.07 Å². The van der Waals surface area contributed by atoms with E-state index in [1.807, 2.05) is 13.1 Å². The van der Waals surface area contributed by atoms with Gasteiger partial charge < -0.3 is 16.4 Å². The van der Waals surface area contributed by atoms with Crippen molar-refractivity contribution >= 4 is 17.6 Å². The highest BCUT2D eigenvalue weighted by atomic mass is 15.1. The number of anilines is 3. The summed E-state index contributed by atoms with van der Waals surface area (Å²) in [6, 6.07) is 2.36. The van der Waals surface area contributed by atoms with E-state index in [-0.39, 0.29) is 0 Å². The standard InChI is InChI=1S/C13H25N5/c1-4-6-8-10(7-5-2)16-12-9-11(15-3)17-13(14)18-12/h9-10H,4-8H2,1-3H3,(H4,14,15,16,17,18). The van der Waals surface area contributed by atoms with Gasteiger partial charge in [0.15, 0.2) is 0 Å². The van der Waals surface area contributed by atoms with Gasteiger partial charge in [0.1, 0.15) is 11.6 Å². The zero-order valence-electron chi connectivity index (χ0n) is 11.7. The number of nitrogens with zero attached hydrogens (tertiary/aromatic N) is 2. The molecule has 5 nitrogen and oxygen atoms in total. The molecule has 0 aromatic carbocycles. The highest BCUT2D eigenvalue weighted by Gasteiger charge is 2.09. The summed E-state index contributed by atoms with van der Waals surface area (Å²) in [5.74, 6) is 1.85. The predicted octanol–water partition coefficient (Wildman–Crippen LogP) is 2.87. The van der Waals surface area contributed by atoms with E-state index in [1.54, 1.807) is 0 Å². The van der Waals surface area contributed by atoms with Crippen LogP contribution in [0.4, 0.5) is 17.6 Å². The number of nitrogen functional groups attached to an aromatic ring is 1. The van der Waals surface area contributed by atoms with E-state index in [0.717, 1.165) is 18.1 Å². The van der Waals surface area contributed by atoms with Crippen LogP contribution in [-0.4, -0.2) is 23.1 Å². The summed E-state index contributed by atoms with van der Waals surface area (Å²) >= 11 is 0. The number of hydrogen-bond acceptors (Lipinski definition) is 5. The molecule has 0 saturated heterocycles. The molecule has 0 amide bonds. The zero-order valence-corrected chi connectivity index (χ0v) is 11.7. The second-order valence-corrected chi connectivity index (χ2v) is 4.52. The molecule has 1 unspecified atom stereocenters. The Kier molecular flexibility index (Phi) is 6.25. The molecule has 1 rings (SSSR count). The molecule has 1 atom stereocenters. The number of nitrogens with two attached hydrogens (primary N) is 1. The summed E-state index contributed by atoms with van der Waals surface area (Å²) < 4.78 is 0. The van der Waals surface area contributed by atoms with E-state index in [4.69, 9.17) is 5.73 Å². The van der Waals surface area contributed by atoms with Gasteiger partial charge in [0.25, 0.3) is 0 Å². The summed E-state index contributed by atoms with van der Waals surface area (Å²) in [5.41, 5.74) is 5.68. The quantitative estimate of drug-likeness (QED) is 0.662. The van der Waals surface area contributed by atoms with Gasteiger partial charge in [0.2, 0.25) is 5.95 Å². The Balaban J connectivity index is 2.69. The van der Waals surface area contributed by atoms with Gasteiger partial charge in [0.05, 0.1) is 0 Å². The molecule has 18 heavy (non-hydrogen) atoms. The van der Waals surface area contributed by atoms with Crippen molar-refractivity contribution in [3.63, 3.8) is 0 Å². The van der Waals surface area contributed by atoms with Crippen molar-refractivity contribution < 1.29 is 0 Å². The maximum absolute atomic E-state index is 5.68. The Morgan fingerprint density at radius 2 is 1.89 bits per heavy atom. The normalized spacial score (nSPS) is 12.2. The first-order valence-electron chi connectivity index (χ1n) is 6.78. The largest absolute Gasteiger partial charge is 0.373 e. The molecule has 5 heteroatoms. The minimum absolute atomic E-state index is 0.301.